The lowest BCUT2D eigenvalue weighted by Gasteiger charge is -2.10. The predicted octanol–water partition coefficient (Wildman–Crippen LogP) is 1.81. The fourth-order valence-electron chi connectivity index (χ4n) is 2.66. The van der Waals surface area contributed by atoms with E-state index in [-0.39, 0.29) is 17.9 Å². The summed E-state index contributed by atoms with van der Waals surface area (Å²) in [5, 5.41) is 7.11. The first-order valence-corrected chi connectivity index (χ1v) is 8.86. The zero-order valence-corrected chi connectivity index (χ0v) is 16.0. The molecule has 3 aromatic rings. The molecule has 0 unspecified atom stereocenters. The number of benzene rings is 1. The SMILES string of the molecule is CCOC(=O)C(=CN)C(=NC)C(=O)Nc1ccn2nc(-c3ccccc3)nc2c1. The van der Waals surface area contributed by atoms with Gasteiger partial charge in [0.25, 0.3) is 5.91 Å². The molecule has 2 aromatic heterocycles. The van der Waals surface area contributed by atoms with Crippen LogP contribution in [0.2, 0.25) is 0 Å². The van der Waals surface area contributed by atoms with Crippen molar-refractivity contribution < 1.29 is 14.3 Å². The number of esters is 1. The Kier molecular flexibility index (Phi) is 5.98. The Morgan fingerprint density at radius 2 is 2.03 bits per heavy atom. The van der Waals surface area contributed by atoms with Gasteiger partial charge in [-0.05, 0) is 13.0 Å². The van der Waals surface area contributed by atoms with E-state index in [4.69, 9.17) is 10.5 Å². The number of nitrogens with zero attached hydrogens (tertiary/aromatic N) is 4. The van der Waals surface area contributed by atoms with E-state index < -0.39 is 11.9 Å². The second-order valence-electron chi connectivity index (χ2n) is 5.85. The predicted molar refractivity (Wildman–Crippen MR) is 109 cm³/mol. The van der Waals surface area contributed by atoms with Crippen LogP contribution in [-0.4, -0.2) is 45.8 Å². The summed E-state index contributed by atoms with van der Waals surface area (Å²) < 4.78 is 6.52. The van der Waals surface area contributed by atoms with Crippen LogP contribution < -0.4 is 11.1 Å². The van der Waals surface area contributed by atoms with Crippen molar-refractivity contribution in [1.29, 1.82) is 0 Å². The average Bonchev–Trinajstić information content (AvgIpc) is 3.16. The Bertz CT molecular complexity index is 1100. The zero-order chi connectivity index (χ0) is 20.8. The molecule has 0 saturated carbocycles. The third-order valence-corrected chi connectivity index (χ3v) is 3.98. The fraction of sp³-hybridized carbons (Fsp3) is 0.150. The number of pyridine rings is 1. The van der Waals surface area contributed by atoms with Gasteiger partial charge in [-0.3, -0.25) is 9.79 Å². The van der Waals surface area contributed by atoms with Crippen LogP contribution in [0.1, 0.15) is 6.92 Å². The van der Waals surface area contributed by atoms with Crippen LogP contribution in [0.4, 0.5) is 5.69 Å². The fourth-order valence-corrected chi connectivity index (χ4v) is 2.66. The highest BCUT2D eigenvalue weighted by atomic mass is 16.5. The van der Waals surface area contributed by atoms with Gasteiger partial charge >= 0.3 is 5.97 Å². The van der Waals surface area contributed by atoms with Crippen molar-refractivity contribution in [3.63, 3.8) is 0 Å². The number of amides is 1. The summed E-state index contributed by atoms with van der Waals surface area (Å²) in [6.45, 7) is 1.81. The third-order valence-electron chi connectivity index (χ3n) is 3.98. The van der Waals surface area contributed by atoms with Gasteiger partial charge in [-0.2, -0.15) is 0 Å². The number of nitrogens with one attached hydrogen (secondary N) is 1. The number of aromatic nitrogens is 3. The first kappa shape index (κ1) is 19.7. The first-order valence-electron chi connectivity index (χ1n) is 8.86. The van der Waals surface area contributed by atoms with E-state index in [1.165, 1.54) is 7.05 Å². The molecule has 0 bridgehead atoms. The number of fused-ring (bicyclic) bond motifs is 1. The Morgan fingerprint density at radius 1 is 1.28 bits per heavy atom. The molecular formula is C20H20N6O3. The number of ether oxygens (including phenoxy) is 1. The number of carbonyl (C=O) groups is 2. The van der Waals surface area contributed by atoms with E-state index in [9.17, 15) is 9.59 Å². The van der Waals surface area contributed by atoms with Crippen LogP contribution in [0.25, 0.3) is 17.0 Å². The Hall–Kier alpha value is -4.01. The summed E-state index contributed by atoms with van der Waals surface area (Å²) in [4.78, 5) is 33.0. The molecule has 0 fully saturated rings. The maximum Gasteiger partial charge on any atom is 0.342 e. The molecule has 0 aliphatic heterocycles. The van der Waals surface area contributed by atoms with Crippen molar-refractivity contribution in [1.82, 2.24) is 14.6 Å². The largest absolute Gasteiger partial charge is 0.462 e. The molecule has 29 heavy (non-hydrogen) atoms. The standard InChI is InChI=1S/C20H20N6O3/c1-3-29-20(28)15(12-21)17(22-2)19(27)23-14-9-10-26-16(11-14)24-18(25-26)13-7-5-4-6-8-13/h4-12H,3,21H2,1-2H3,(H,23,27). The van der Waals surface area contributed by atoms with Gasteiger partial charge in [-0.15, -0.1) is 5.10 Å². The summed E-state index contributed by atoms with van der Waals surface area (Å²) in [6.07, 6.45) is 2.69. The molecule has 0 atom stereocenters. The highest BCUT2D eigenvalue weighted by molar-refractivity contribution is 6.53. The quantitative estimate of drug-likeness (QED) is 0.375. The molecule has 9 nitrogen and oxygen atoms in total. The van der Waals surface area contributed by atoms with Gasteiger partial charge < -0.3 is 15.8 Å². The number of carbonyl (C=O) groups excluding carboxylic acids is 2. The van der Waals surface area contributed by atoms with Crippen molar-refractivity contribution in [2.24, 2.45) is 10.7 Å². The Morgan fingerprint density at radius 3 is 2.69 bits per heavy atom. The zero-order valence-electron chi connectivity index (χ0n) is 16.0. The molecule has 148 valence electrons. The molecule has 0 aliphatic carbocycles. The van der Waals surface area contributed by atoms with Gasteiger partial charge in [0, 0.05) is 36.8 Å². The van der Waals surface area contributed by atoms with Crippen LogP contribution in [0.15, 0.2) is 65.4 Å². The minimum absolute atomic E-state index is 0.109. The van der Waals surface area contributed by atoms with E-state index in [1.807, 2.05) is 30.3 Å². The number of hydrogen-bond acceptors (Lipinski definition) is 7. The number of aliphatic imine (C=N–C) groups is 1. The molecule has 0 saturated heterocycles. The maximum absolute atomic E-state index is 12.6. The van der Waals surface area contributed by atoms with Gasteiger partial charge in [-0.1, -0.05) is 30.3 Å². The molecule has 3 rings (SSSR count). The number of anilines is 1. The van der Waals surface area contributed by atoms with Gasteiger partial charge in [-0.25, -0.2) is 14.3 Å². The minimum atomic E-state index is -0.717. The highest BCUT2D eigenvalue weighted by Gasteiger charge is 2.23. The lowest BCUT2D eigenvalue weighted by Crippen LogP contribution is -2.29. The van der Waals surface area contributed by atoms with Crippen LogP contribution in [0.5, 0.6) is 0 Å². The van der Waals surface area contributed by atoms with E-state index in [2.05, 4.69) is 20.4 Å². The number of rotatable bonds is 6. The van der Waals surface area contributed by atoms with Crippen LogP contribution in [0, 0.1) is 0 Å². The van der Waals surface area contributed by atoms with Crippen molar-refractivity contribution in [2.75, 3.05) is 19.0 Å². The topological polar surface area (TPSA) is 124 Å². The molecule has 1 aromatic carbocycles. The third kappa shape index (κ3) is 4.29. The van der Waals surface area contributed by atoms with Crippen molar-refractivity contribution >= 4 is 28.9 Å². The molecule has 9 heteroatoms. The summed E-state index contributed by atoms with van der Waals surface area (Å²) in [5.41, 5.74) is 7.17. The van der Waals surface area contributed by atoms with Crippen LogP contribution in [-0.2, 0) is 14.3 Å². The van der Waals surface area contributed by atoms with E-state index in [0.717, 1.165) is 11.8 Å². The molecule has 0 spiro atoms. The van der Waals surface area contributed by atoms with E-state index >= 15 is 0 Å². The molecular weight excluding hydrogens is 372 g/mol. The van der Waals surface area contributed by atoms with Crippen molar-refractivity contribution in [3.05, 3.63) is 60.4 Å². The second kappa shape index (κ2) is 8.79. The van der Waals surface area contributed by atoms with Crippen LogP contribution in [0.3, 0.4) is 0 Å². The summed E-state index contributed by atoms with van der Waals surface area (Å²) in [7, 11) is 1.39. The van der Waals surface area contributed by atoms with Crippen molar-refractivity contribution in [3.8, 4) is 11.4 Å². The van der Waals surface area contributed by atoms with Gasteiger partial charge in [0.15, 0.2) is 11.5 Å². The highest BCUT2D eigenvalue weighted by Crippen LogP contribution is 2.18. The van der Waals surface area contributed by atoms with E-state index in [1.54, 1.807) is 29.8 Å². The Labute approximate surface area is 166 Å². The lowest BCUT2D eigenvalue weighted by atomic mass is 10.1. The first-order chi connectivity index (χ1) is 14.1. The normalized spacial score (nSPS) is 12.1. The smallest absolute Gasteiger partial charge is 0.342 e. The lowest BCUT2D eigenvalue weighted by molar-refractivity contribution is -0.138. The minimum Gasteiger partial charge on any atom is -0.462 e. The summed E-state index contributed by atoms with van der Waals surface area (Å²) in [6, 6.07) is 12.9. The Balaban J connectivity index is 1.83. The monoisotopic (exact) mass is 392 g/mol. The van der Waals surface area contributed by atoms with Crippen molar-refractivity contribution in [2.45, 2.75) is 6.92 Å². The van der Waals surface area contributed by atoms with Gasteiger partial charge in [0.05, 0.1) is 6.61 Å². The number of hydrogen-bond donors (Lipinski definition) is 2. The average molecular weight is 392 g/mol. The van der Waals surface area contributed by atoms with Gasteiger partial charge in [0.2, 0.25) is 0 Å². The second-order valence-corrected chi connectivity index (χ2v) is 5.85. The molecule has 0 radical (unpaired) electrons. The number of nitrogens with two attached hydrogens (primary N) is 1. The van der Waals surface area contributed by atoms with Crippen LogP contribution >= 0.6 is 0 Å². The molecule has 2 heterocycles. The molecule has 1 amide bonds. The summed E-state index contributed by atoms with van der Waals surface area (Å²) >= 11 is 0. The molecule has 0 aliphatic rings. The van der Waals surface area contributed by atoms with E-state index in [0.29, 0.717) is 17.2 Å². The van der Waals surface area contributed by atoms with Gasteiger partial charge in [0.1, 0.15) is 11.3 Å². The molecule has 3 N–H and O–H groups in total. The summed E-state index contributed by atoms with van der Waals surface area (Å²) in [5.74, 6) is -0.740. The maximum atomic E-state index is 12.6.